The predicted molar refractivity (Wildman–Crippen MR) is 102 cm³/mol. The Kier molecular flexibility index (Phi) is 7.12. The summed E-state index contributed by atoms with van der Waals surface area (Å²) in [7, 11) is -4.27. The maximum absolute atomic E-state index is 12.6. The maximum atomic E-state index is 12.6. The largest absolute Gasteiger partial charge is 0.480 e. The van der Waals surface area contributed by atoms with Crippen molar-refractivity contribution < 1.29 is 33.1 Å². The molecule has 0 fully saturated rings. The summed E-state index contributed by atoms with van der Waals surface area (Å²) in [4.78, 5) is 22.0. The van der Waals surface area contributed by atoms with E-state index in [1.54, 1.807) is 12.1 Å². The Bertz CT molecular complexity index is 915. The minimum Gasteiger partial charge on any atom is -0.480 e. The minimum atomic E-state index is -4.27. The molecule has 0 atom stereocenters. The fourth-order valence-electron chi connectivity index (χ4n) is 2.04. The average molecular weight is 506 g/mol. The maximum Gasteiger partial charge on any atom is 0.318 e. The van der Waals surface area contributed by atoms with E-state index in [1.807, 2.05) is 12.1 Å². The van der Waals surface area contributed by atoms with Crippen LogP contribution >= 0.6 is 22.6 Å². The lowest BCUT2D eigenvalue weighted by atomic mass is 10.3. The lowest BCUT2D eigenvalue weighted by Crippen LogP contribution is -2.42. The molecule has 2 rings (SSSR count). The molecule has 0 aromatic heterocycles. The van der Waals surface area contributed by atoms with E-state index in [4.69, 9.17) is 15.1 Å². The summed E-state index contributed by atoms with van der Waals surface area (Å²) in [6.07, 6.45) is 0. The summed E-state index contributed by atoms with van der Waals surface area (Å²) in [6.45, 7) is -1.78. The molecule has 0 unspecified atom stereocenters. The summed E-state index contributed by atoms with van der Waals surface area (Å²) < 4.78 is 32.3. The number of hydroxylamine groups is 1. The Balaban J connectivity index is 2.22. The molecule has 0 aliphatic carbocycles. The Morgan fingerprint density at radius 3 is 2.00 bits per heavy atom. The van der Waals surface area contributed by atoms with Crippen LogP contribution in [0.2, 0.25) is 0 Å². The molecule has 144 valence electrons. The highest BCUT2D eigenvalue weighted by Crippen LogP contribution is 2.24. The zero-order chi connectivity index (χ0) is 20.0. The summed E-state index contributed by atoms with van der Waals surface area (Å²) >= 11 is 2.15. The minimum absolute atomic E-state index is 0.218. The standard InChI is InChI=1S/C16H15IN2O7S/c17-11-1-3-12(4-2-11)26-13-5-7-14(8-6-13)27(24,25)19(10-16(21)22)9-15(20)18-23/h1-8,23H,9-10H2,(H,18,20)(H,21,22). The Morgan fingerprint density at radius 2 is 1.52 bits per heavy atom. The van der Waals surface area contributed by atoms with E-state index >= 15 is 0 Å². The van der Waals surface area contributed by atoms with E-state index in [9.17, 15) is 18.0 Å². The van der Waals surface area contributed by atoms with Crippen LogP contribution in [0.3, 0.4) is 0 Å². The monoisotopic (exact) mass is 506 g/mol. The number of carbonyl (C=O) groups excluding carboxylic acids is 1. The fourth-order valence-corrected chi connectivity index (χ4v) is 3.75. The van der Waals surface area contributed by atoms with Crippen molar-refractivity contribution in [2.75, 3.05) is 13.1 Å². The van der Waals surface area contributed by atoms with Crippen LogP contribution in [0.4, 0.5) is 0 Å². The van der Waals surface area contributed by atoms with Gasteiger partial charge in [0.15, 0.2) is 0 Å². The fraction of sp³-hybridized carbons (Fsp3) is 0.125. The van der Waals surface area contributed by atoms with Crippen molar-refractivity contribution in [1.82, 2.24) is 9.79 Å². The second kappa shape index (κ2) is 9.12. The van der Waals surface area contributed by atoms with Gasteiger partial charge < -0.3 is 9.84 Å². The highest BCUT2D eigenvalue weighted by atomic mass is 127. The summed E-state index contributed by atoms with van der Waals surface area (Å²) in [5, 5.41) is 17.4. The molecule has 0 aliphatic heterocycles. The lowest BCUT2D eigenvalue weighted by molar-refractivity contribution is -0.137. The molecule has 0 aliphatic rings. The molecule has 27 heavy (non-hydrogen) atoms. The van der Waals surface area contributed by atoms with Crippen LogP contribution < -0.4 is 10.2 Å². The number of ether oxygens (including phenoxy) is 1. The molecule has 0 spiro atoms. The molecule has 11 heteroatoms. The van der Waals surface area contributed by atoms with Crippen LogP contribution in [0.5, 0.6) is 11.5 Å². The molecule has 9 nitrogen and oxygen atoms in total. The van der Waals surface area contributed by atoms with Crippen LogP contribution in [0.1, 0.15) is 0 Å². The van der Waals surface area contributed by atoms with Gasteiger partial charge in [-0.3, -0.25) is 14.8 Å². The highest BCUT2D eigenvalue weighted by Gasteiger charge is 2.28. The summed E-state index contributed by atoms with van der Waals surface area (Å²) in [5.74, 6) is -1.55. The van der Waals surface area contributed by atoms with Crippen LogP contribution in [0.15, 0.2) is 53.4 Å². The number of amides is 1. The van der Waals surface area contributed by atoms with Crippen molar-refractivity contribution >= 4 is 44.5 Å². The lowest BCUT2D eigenvalue weighted by Gasteiger charge is -2.19. The number of hydrogen-bond acceptors (Lipinski definition) is 6. The highest BCUT2D eigenvalue weighted by molar-refractivity contribution is 14.1. The van der Waals surface area contributed by atoms with Gasteiger partial charge in [0, 0.05) is 3.57 Å². The van der Waals surface area contributed by atoms with Crippen LogP contribution in [0, 0.1) is 3.57 Å². The molecule has 1 amide bonds. The van der Waals surface area contributed by atoms with Crippen molar-refractivity contribution in [3.63, 3.8) is 0 Å². The number of halogens is 1. The Hall–Kier alpha value is -2.22. The van der Waals surface area contributed by atoms with Crippen molar-refractivity contribution in [3.8, 4) is 11.5 Å². The number of carbonyl (C=O) groups is 2. The number of hydrogen-bond donors (Lipinski definition) is 3. The van der Waals surface area contributed by atoms with Gasteiger partial charge >= 0.3 is 5.97 Å². The molecular weight excluding hydrogens is 491 g/mol. The zero-order valence-electron chi connectivity index (χ0n) is 13.7. The van der Waals surface area contributed by atoms with E-state index in [0.717, 1.165) is 3.57 Å². The van der Waals surface area contributed by atoms with E-state index in [1.165, 1.54) is 29.7 Å². The van der Waals surface area contributed by atoms with E-state index in [0.29, 0.717) is 15.8 Å². The molecule has 0 bridgehead atoms. The first kappa shape index (κ1) is 21.1. The molecule has 0 saturated carbocycles. The van der Waals surface area contributed by atoms with E-state index < -0.39 is 35.0 Å². The molecule has 0 radical (unpaired) electrons. The van der Waals surface area contributed by atoms with E-state index in [2.05, 4.69) is 22.6 Å². The van der Waals surface area contributed by atoms with Crippen LogP contribution in [-0.2, 0) is 19.6 Å². The first-order chi connectivity index (χ1) is 12.7. The number of aliphatic carboxylic acids is 1. The number of nitrogens with one attached hydrogen (secondary N) is 1. The Morgan fingerprint density at radius 1 is 1.00 bits per heavy atom. The third-order valence-corrected chi connectivity index (χ3v) is 5.79. The second-order valence-corrected chi connectivity index (χ2v) is 8.41. The van der Waals surface area contributed by atoms with Gasteiger partial charge in [-0.1, -0.05) is 0 Å². The smallest absolute Gasteiger partial charge is 0.318 e. The molecular formula is C16H15IN2O7S. The number of carboxylic acids is 1. The summed E-state index contributed by atoms with van der Waals surface area (Å²) in [6, 6.07) is 12.5. The number of nitrogens with zero attached hydrogens (tertiary/aromatic N) is 1. The summed E-state index contributed by atoms with van der Waals surface area (Å²) in [5.41, 5.74) is 1.27. The number of rotatable bonds is 8. The van der Waals surface area contributed by atoms with Crippen molar-refractivity contribution in [2.24, 2.45) is 0 Å². The average Bonchev–Trinajstić information content (AvgIpc) is 2.63. The topological polar surface area (TPSA) is 133 Å². The second-order valence-electron chi connectivity index (χ2n) is 5.23. The predicted octanol–water partition coefficient (Wildman–Crippen LogP) is 1.66. The molecule has 2 aromatic rings. The van der Waals surface area contributed by atoms with Gasteiger partial charge in [-0.25, -0.2) is 13.9 Å². The Labute approximate surface area is 168 Å². The van der Waals surface area contributed by atoms with Gasteiger partial charge in [0.1, 0.15) is 18.0 Å². The van der Waals surface area contributed by atoms with Gasteiger partial charge in [0.25, 0.3) is 5.91 Å². The van der Waals surface area contributed by atoms with Crippen LogP contribution in [0.25, 0.3) is 0 Å². The van der Waals surface area contributed by atoms with Gasteiger partial charge in [-0.15, -0.1) is 0 Å². The van der Waals surface area contributed by atoms with Gasteiger partial charge in [0.2, 0.25) is 10.0 Å². The molecule has 3 N–H and O–H groups in total. The quantitative estimate of drug-likeness (QED) is 0.282. The number of benzene rings is 2. The van der Waals surface area contributed by atoms with E-state index in [-0.39, 0.29) is 4.90 Å². The third-order valence-electron chi connectivity index (χ3n) is 3.27. The van der Waals surface area contributed by atoms with Gasteiger partial charge in [-0.2, -0.15) is 4.31 Å². The SMILES string of the molecule is O=C(O)CN(CC(=O)NO)S(=O)(=O)c1ccc(Oc2ccc(I)cc2)cc1. The number of carboxylic acid groups (broad SMARTS) is 1. The van der Waals surface area contributed by atoms with Crippen molar-refractivity contribution in [2.45, 2.75) is 4.90 Å². The molecule has 2 aromatic carbocycles. The number of sulfonamides is 1. The first-order valence-corrected chi connectivity index (χ1v) is 9.92. The van der Waals surface area contributed by atoms with Crippen LogP contribution in [-0.4, -0.2) is 48.0 Å². The normalized spacial score (nSPS) is 11.2. The molecule has 0 saturated heterocycles. The third kappa shape index (κ3) is 5.89. The van der Waals surface area contributed by atoms with Gasteiger partial charge in [0.05, 0.1) is 11.4 Å². The first-order valence-electron chi connectivity index (χ1n) is 7.41. The van der Waals surface area contributed by atoms with Crippen molar-refractivity contribution in [3.05, 3.63) is 52.1 Å². The van der Waals surface area contributed by atoms with Crippen molar-refractivity contribution in [1.29, 1.82) is 0 Å². The van der Waals surface area contributed by atoms with Gasteiger partial charge in [-0.05, 0) is 71.1 Å². The zero-order valence-corrected chi connectivity index (χ0v) is 16.7. The molecule has 0 heterocycles.